The highest BCUT2D eigenvalue weighted by Crippen LogP contribution is 2.21. The molecule has 1 aliphatic heterocycles. The number of nitrogens with zero attached hydrogens (tertiary/aromatic N) is 2. The first-order valence-corrected chi connectivity index (χ1v) is 5.01. The summed E-state index contributed by atoms with van der Waals surface area (Å²) in [7, 11) is 0. The second-order valence-corrected chi connectivity index (χ2v) is 4.02. The predicted molar refractivity (Wildman–Crippen MR) is 53.6 cm³/mol. The highest BCUT2D eigenvalue weighted by atomic mass is 32.1. The van der Waals surface area contributed by atoms with Crippen LogP contribution in [0.4, 0.5) is 8.78 Å². The number of hydrogen-bond donors (Lipinski definition) is 0. The summed E-state index contributed by atoms with van der Waals surface area (Å²) >= 11 is 1.51. The summed E-state index contributed by atoms with van der Waals surface area (Å²) in [5.41, 5.74) is 1.64. The van der Waals surface area contributed by atoms with E-state index in [0.717, 1.165) is 10.4 Å². The minimum absolute atomic E-state index is 0.133. The highest BCUT2D eigenvalue weighted by molar-refractivity contribution is 7.12. The molecule has 0 unspecified atom stereocenters. The molecule has 0 N–H and O–H groups in total. The van der Waals surface area contributed by atoms with Crippen molar-refractivity contribution in [3.05, 3.63) is 21.9 Å². The summed E-state index contributed by atoms with van der Waals surface area (Å²) in [5, 5.41) is 9.19. The van der Waals surface area contributed by atoms with Gasteiger partial charge in [0.2, 0.25) is 0 Å². The Morgan fingerprint density at radius 3 is 2.71 bits per heavy atom. The maximum Gasteiger partial charge on any atom is 0.278 e. The van der Waals surface area contributed by atoms with Crippen LogP contribution >= 0.6 is 11.3 Å². The zero-order valence-corrected chi connectivity index (χ0v) is 8.31. The van der Waals surface area contributed by atoms with Crippen LogP contribution in [-0.2, 0) is 0 Å². The molecule has 5 heteroatoms. The average Bonchev–Trinajstić information content (AvgIpc) is 2.70. The van der Waals surface area contributed by atoms with E-state index in [1.807, 2.05) is 18.4 Å². The topological polar surface area (TPSA) is 24.7 Å². The fourth-order valence-corrected chi connectivity index (χ4v) is 2.09. The number of aryl methyl sites for hydroxylation is 1. The smallest absolute Gasteiger partial charge is 0.204 e. The Morgan fingerprint density at radius 1 is 1.43 bits per heavy atom. The van der Waals surface area contributed by atoms with Crippen LogP contribution in [0.3, 0.4) is 0 Å². The molecule has 0 atom stereocenters. The van der Waals surface area contributed by atoms with Gasteiger partial charge in [0, 0.05) is 6.42 Å². The lowest BCUT2D eigenvalue weighted by molar-refractivity contribution is 0.224. The number of thiophene rings is 1. The van der Waals surface area contributed by atoms with E-state index in [9.17, 15) is 8.78 Å². The molecule has 0 saturated heterocycles. The summed E-state index contributed by atoms with van der Waals surface area (Å²) in [6.45, 7) is 1.96. The first-order chi connectivity index (χ1) is 6.66. The normalized spacial score (nSPS) is 16.0. The SMILES string of the molecule is Cc1csc(C2=NN=C(C(F)F)C2)c1. The van der Waals surface area contributed by atoms with Crippen molar-refractivity contribution in [2.75, 3.05) is 0 Å². The van der Waals surface area contributed by atoms with Gasteiger partial charge in [-0.1, -0.05) is 0 Å². The molecular formula is C9H8F2N2S. The van der Waals surface area contributed by atoms with Gasteiger partial charge in [-0.3, -0.25) is 0 Å². The van der Waals surface area contributed by atoms with Crippen molar-refractivity contribution >= 4 is 22.8 Å². The van der Waals surface area contributed by atoms with Crippen molar-refractivity contribution in [2.45, 2.75) is 19.8 Å². The zero-order chi connectivity index (χ0) is 10.1. The molecule has 0 saturated carbocycles. The van der Waals surface area contributed by atoms with E-state index < -0.39 is 6.43 Å². The Bertz CT molecular complexity index is 407. The number of hydrogen-bond acceptors (Lipinski definition) is 3. The van der Waals surface area contributed by atoms with E-state index in [1.54, 1.807) is 0 Å². The zero-order valence-electron chi connectivity index (χ0n) is 7.50. The second-order valence-electron chi connectivity index (χ2n) is 3.10. The standard InChI is InChI=1S/C9H8F2N2S/c1-5-2-8(14-4-5)6-3-7(9(10)11)13-12-6/h2,4,9H,3H2,1H3. The van der Waals surface area contributed by atoms with Crippen LogP contribution < -0.4 is 0 Å². The lowest BCUT2D eigenvalue weighted by Gasteiger charge is -1.96. The first kappa shape index (κ1) is 9.45. The van der Waals surface area contributed by atoms with E-state index in [0.29, 0.717) is 5.71 Å². The Morgan fingerprint density at radius 2 is 2.21 bits per heavy atom. The van der Waals surface area contributed by atoms with Crippen molar-refractivity contribution in [1.29, 1.82) is 0 Å². The molecule has 0 bridgehead atoms. The lowest BCUT2D eigenvalue weighted by Crippen LogP contribution is -2.10. The van der Waals surface area contributed by atoms with Gasteiger partial charge in [0.1, 0.15) is 5.71 Å². The van der Waals surface area contributed by atoms with Crippen LogP contribution in [0.15, 0.2) is 21.6 Å². The van der Waals surface area contributed by atoms with Gasteiger partial charge in [0.15, 0.2) is 0 Å². The third-order valence-corrected chi connectivity index (χ3v) is 3.01. The van der Waals surface area contributed by atoms with Gasteiger partial charge in [-0.2, -0.15) is 10.2 Å². The van der Waals surface area contributed by atoms with Gasteiger partial charge in [-0.15, -0.1) is 11.3 Å². The summed E-state index contributed by atoms with van der Waals surface area (Å²) < 4.78 is 24.5. The number of rotatable bonds is 2. The van der Waals surface area contributed by atoms with Crippen molar-refractivity contribution in [3.8, 4) is 0 Å². The number of alkyl halides is 2. The van der Waals surface area contributed by atoms with Gasteiger partial charge < -0.3 is 0 Å². The third kappa shape index (κ3) is 1.72. The fraction of sp³-hybridized carbons (Fsp3) is 0.333. The Labute approximate surface area is 84.0 Å². The van der Waals surface area contributed by atoms with Crippen molar-refractivity contribution in [2.24, 2.45) is 10.2 Å². The van der Waals surface area contributed by atoms with Crippen molar-refractivity contribution in [1.82, 2.24) is 0 Å². The Balaban J connectivity index is 2.12. The van der Waals surface area contributed by atoms with E-state index in [1.165, 1.54) is 11.3 Å². The summed E-state index contributed by atoms with van der Waals surface area (Å²) in [4.78, 5) is 0.932. The molecule has 0 fully saturated rings. The molecule has 2 nitrogen and oxygen atoms in total. The van der Waals surface area contributed by atoms with E-state index in [2.05, 4.69) is 10.2 Å². The molecule has 0 spiro atoms. The van der Waals surface area contributed by atoms with Crippen LogP contribution in [-0.4, -0.2) is 17.8 Å². The summed E-state index contributed by atoms with van der Waals surface area (Å²) in [5.74, 6) is 0. The molecular weight excluding hydrogens is 206 g/mol. The third-order valence-electron chi connectivity index (χ3n) is 1.91. The highest BCUT2D eigenvalue weighted by Gasteiger charge is 2.22. The molecule has 0 radical (unpaired) electrons. The van der Waals surface area contributed by atoms with Crippen LogP contribution in [0.2, 0.25) is 0 Å². The van der Waals surface area contributed by atoms with Crippen LogP contribution in [0.25, 0.3) is 0 Å². The van der Waals surface area contributed by atoms with E-state index in [4.69, 9.17) is 0 Å². The predicted octanol–water partition coefficient (Wildman–Crippen LogP) is 2.87. The van der Waals surface area contributed by atoms with E-state index in [-0.39, 0.29) is 12.1 Å². The lowest BCUT2D eigenvalue weighted by atomic mass is 10.1. The summed E-state index contributed by atoms with van der Waals surface area (Å²) in [6.07, 6.45) is -2.31. The Kier molecular flexibility index (Phi) is 2.41. The van der Waals surface area contributed by atoms with Crippen LogP contribution in [0.5, 0.6) is 0 Å². The molecule has 1 aliphatic rings. The quantitative estimate of drug-likeness (QED) is 0.723. The first-order valence-electron chi connectivity index (χ1n) is 4.14. The number of halogens is 2. The molecule has 1 aromatic heterocycles. The van der Waals surface area contributed by atoms with Gasteiger partial charge in [0.05, 0.1) is 10.6 Å². The minimum atomic E-state index is -2.49. The van der Waals surface area contributed by atoms with Gasteiger partial charge in [-0.25, -0.2) is 8.78 Å². The van der Waals surface area contributed by atoms with E-state index >= 15 is 0 Å². The monoisotopic (exact) mass is 214 g/mol. The average molecular weight is 214 g/mol. The second kappa shape index (κ2) is 3.57. The fourth-order valence-electron chi connectivity index (χ4n) is 1.21. The molecule has 1 aromatic rings. The molecule has 0 amide bonds. The summed E-state index contributed by atoms with van der Waals surface area (Å²) in [6, 6.07) is 1.94. The van der Waals surface area contributed by atoms with Gasteiger partial charge in [0.25, 0.3) is 6.43 Å². The molecule has 14 heavy (non-hydrogen) atoms. The van der Waals surface area contributed by atoms with Crippen molar-refractivity contribution < 1.29 is 8.78 Å². The minimum Gasteiger partial charge on any atom is -0.204 e. The molecule has 74 valence electrons. The maximum absolute atomic E-state index is 12.2. The van der Waals surface area contributed by atoms with Gasteiger partial charge >= 0.3 is 0 Å². The Hall–Kier alpha value is -1.10. The molecule has 2 heterocycles. The van der Waals surface area contributed by atoms with Crippen molar-refractivity contribution in [3.63, 3.8) is 0 Å². The van der Waals surface area contributed by atoms with Crippen LogP contribution in [0, 0.1) is 6.92 Å². The molecule has 0 aliphatic carbocycles. The van der Waals surface area contributed by atoms with Gasteiger partial charge in [-0.05, 0) is 23.9 Å². The molecule has 0 aromatic carbocycles. The largest absolute Gasteiger partial charge is 0.278 e. The maximum atomic E-state index is 12.2. The van der Waals surface area contributed by atoms with Crippen LogP contribution in [0.1, 0.15) is 16.9 Å². The molecule has 2 rings (SSSR count).